The molecule has 0 radical (unpaired) electrons. The van der Waals surface area contributed by atoms with Crippen molar-refractivity contribution in [3.05, 3.63) is 81.4 Å². The molecule has 4 rings (SSSR count). The number of hydrogen-bond donors (Lipinski definition) is 1. The summed E-state index contributed by atoms with van der Waals surface area (Å²) in [5.74, 6) is 1.06. The normalized spacial score (nSPS) is 18.4. The lowest BCUT2D eigenvalue weighted by molar-refractivity contribution is -0.116. The third kappa shape index (κ3) is 5.05. The monoisotopic (exact) mass is 474 g/mol. The fourth-order valence-electron chi connectivity index (χ4n) is 4.48. The molecule has 1 N–H and O–H groups in total. The van der Waals surface area contributed by atoms with E-state index in [0.29, 0.717) is 41.9 Å². The van der Waals surface area contributed by atoms with E-state index in [1.54, 1.807) is 12.3 Å². The standard InChI is InChI=1S/C28H30N2O3S/c1-28(2,3)19-13-11-18(12-14-19)22(31)9-6-16-34-27-20(17-29)25(24-10-5-15-33-24)26-21(30-27)7-4-8-23(26)32/h5,10-15,25,30H,4,6-9,16H2,1-3H3/t25-/m0/s1. The van der Waals surface area contributed by atoms with Crippen molar-refractivity contribution in [2.75, 3.05) is 5.75 Å². The molecule has 0 saturated carbocycles. The summed E-state index contributed by atoms with van der Waals surface area (Å²) >= 11 is 1.54. The summed E-state index contributed by atoms with van der Waals surface area (Å²) in [6.07, 6.45) is 4.81. The highest BCUT2D eigenvalue weighted by atomic mass is 32.2. The first-order chi connectivity index (χ1) is 16.3. The minimum absolute atomic E-state index is 0.0587. The van der Waals surface area contributed by atoms with Crippen LogP contribution in [0.5, 0.6) is 0 Å². The molecule has 0 unspecified atom stereocenters. The summed E-state index contributed by atoms with van der Waals surface area (Å²) in [5, 5.41) is 14.1. The summed E-state index contributed by atoms with van der Waals surface area (Å²) < 4.78 is 5.63. The average molecular weight is 475 g/mol. The SMILES string of the molecule is CC(C)(C)c1ccc(C(=O)CCCSC2=C(C#N)[C@@H](c3ccco3)C3=C(CCCC3=O)N2)cc1. The first-order valence-corrected chi connectivity index (χ1v) is 12.8. The summed E-state index contributed by atoms with van der Waals surface area (Å²) in [5.41, 5.74) is 4.07. The van der Waals surface area contributed by atoms with Gasteiger partial charge in [0.2, 0.25) is 0 Å². The Labute approximate surface area is 205 Å². The molecule has 34 heavy (non-hydrogen) atoms. The predicted octanol–water partition coefficient (Wildman–Crippen LogP) is 6.40. The maximum atomic E-state index is 12.7. The fraction of sp³-hybridized carbons (Fsp3) is 0.393. The molecule has 0 fully saturated rings. The van der Waals surface area contributed by atoms with Crippen LogP contribution in [0, 0.1) is 11.3 Å². The highest BCUT2D eigenvalue weighted by Crippen LogP contribution is 2.44. The number of furan rings is 1. The zero-order valence-corrected chi connectivity index (χ0v) is 20.8. The molecule has 176 valence electrons. The zero-order valence-electron chi connectivity index (χ0n) is 19.9. The lowest BCUT2D eigenvalue weighted by Gasteiger charge is -2.32. The van der Waals surface area contributed by atoms with Crippen LogP contribution < -0.4 is 5.32 Å². The Morgan fingerprint density at radius 1 is 1.21 bits per heavy atom. The number of nitrogens with zero attached hydrogens (tertiary/aromatic N) is 1. The van der Waals surface area contributed by atoms with Gasteiger partial charge in [0.05, 0.1) is 28.9 Å². The molecule has 1 aromatic carbocycles. The van der Waals surface area contributed by atoms with Gasteiger partial charge in [-0.3, -0.25) is 9.59 Å². The van der Waals surface area contributed by atoms with Crippen molar-refractivity contribution >= 4 is 23.3 Å². The van der Waals surface area contributed by atoms with Crippen LogP contribution in [0.1, 0.15) is 80.5 Å². The topological polar surface area (TPSA) is 83.1 Å². The van der Waals surface area contributed by atoms with Crippen molar-refractivity contribution in [2.45, 2.75) is 64.2 Å². The van der Waals surface area contributed by atoms with Gasteiger partial charge in [0.1, 0.15) is 5.76 Å². The van der Waals surface area contributed by atoms with Gasteiger partial charge in [0, 0.05) is 29.7 Å². The molecule has 0 saturated heterocycles. The van der Waals surface area contributed by atoms with E-state index in [2.05, 4.69) is 32.2 Å². The number of nitrogens with one attached hydrogen (secondary N) is 1. The molecule has 1 aromatic heterocycles. The molecule has 0 amide bonds. The molecule has 2 aliphatic rings. The van der Waals surface area contributed by atoms with Crippen LogP contribution in [-0.4, -0.2) is 17.3 Å². The Morgan fingerprint density at radius 2 is 1.97 bits per heavy atom. The van der Waals surface area contributed by atoms with Gasteiger partial charge in [0.25, 0.3) is 0 Å². The molecule has 5 nitrogen and oxygen atoms in total. The van der Waals surface area contributed by atoms with Gasteiger partial charge in [-0.15, -0.1) is 11.8 Å². The first-order valence-electron chi connectivity index (χ1n) is 11.8. The largest absolute Gasteiger partial charge is 0.468 e. The maximum Gasteiger partial charge on any atom is 0.162 e. The fourth-order valence-corrected chi connectivity index (χ4v) is 5.49. The number of carbonyl (C=O) groups is 2. The van der Waals surface area contributed by atoms with Gasteiger partial charge in [-0.2, -0.15) is 5.26 Å². The number of hydrogen-bond acceptors (Lipinski definition) is 6. The van der Waals surface area contributed by atoms with Crippen molar-refractivity contribution in [2.24, 2.45) is 0 Å². The first kappa shape index (κ1) is 24.1. The second-order valence-electron chi connectivity index (χ2n) is 9.80. The number of allylic oxidation sites excluding steroid dienone is 3. The lowest BCUT2D eigenvalue weighted by atomic mass is 9.79. The predicted molar refractivity (Wildman–Crippen MR) is 134 cm³/mol. The van der Waals surface area contributed by atoms with E-state index in [4.69, 9.17) is 4.42 Å². The molecular weight excluding hydrogens is 444 g/mol. The van der Waals surface area contributed by atoms with Gasteiger partial charge < -0.3 is 9.73 Å². The number of dihydropyridines is 1. The van der Waals surface area contributed by atoms with Gasteiger partial charge in [-0.25, -0.2) is 0 Å². The second kappa shape index (κ2) is 10.1. The molecule has 0 bridgehead atoms. The molecule has 2 heterocycles. The molecule has 2 aromatic rings. The zero-order chi connectivity index (χ0) is 24.3. The third-order valence-corrected chi connectivity index (χ3v) is 7.46. The Morgan fingerprint density at radius 3 is 2.62 bits per heavy atom. The van der Waals surface area contributed by atoms with Crippen molar-refractivity contribution in [3.63, 3.8) is 0 Å². The number of Topliss-reactive ketones (excluding diaryl/α,β-unsaturated/α-hetero) is 2. The summed E-state index contributed by atoms with van der Waals surface area (Å²) in [6.45, 7) is 6.47. The van der Waals surface area contributed by atoms with E-state index in [0.717, 1.165) is 29.1 Å². The second-order valence-corrected chi connectivity index (χ2v) is 10.9. The van der Waals surface area contributed by atoms with Crippen LogP contribution in [0.3, 0.4) is 0 Å². The van der Waals surface area contributed by atoms with Gasteiger partial charge in [0.15, 0.2) is 11.6 Å². The van der Waals surface area contributed by atoms with Gasteiger partial charge in [-0.1, -0.05) is 45.0 Å². The Kier molecular flexibility index (Phi) is 7.13. The lowest BCUT2D eigenvalue weighted by Crippen LogP contribution is -2.31. The van der Waals surface area contributed by atoms with Crippen LogP contribution in [0.2, 0.25) is 0 Å². The average Bonchev–Trinajstić information content (AvgIpc) is 3.35. The molecular formula is C28H30N2O3S. The third-order valence-electron chi connectivity index (χ3n) is 6.36. The van der Waals surface area contributed by atoms with Crippen LogP contribution in [-0.2, 0) is 10.2 Å². The molecule has 1 atom stereocenters. The minimum atomic E-state index is -0.463. The van der Waals surface area contributed by atoms with Gasteiger partial charge >= 0.3 is 0 Å². The number of ketones is 2. The van der Waals surface area contributed by atoms with E-state index in [1.807, 2.05) is 30.3 Å². The molecule has 1 aliphatic heterocycles. The van der Waals surface area contributed by atoms with E-state index < -0.39 is 5.92 Å². The molecule has 1 aliphatic carbocycles. The highest BCUT2D eigenvalue weighted by molar-refractivity contribution is 8.03. The van der Waals surface area contributed by atoms with Crippen molar-refractivity contribution < 1.29 is 14.0 Å². The Hall–Kier alpha value is -3.04. The molecule has 6 heteroatoms. The summed E-state index contributed by atoms with van der Waals surface area (Å²) in [7, 11) is 0. The Balaban J connectivity index is 1.43. The van der Waals surface area contributed by atoms with Crippen LogP contribution in [0.25, 0.3) is 0 Å². The number of benzene rings is 1. The summed E-state index contributed by atoms with van der Waals surface area (Å²) in [4.78, 5) is 25.4. The van der Waals surface area contributed by atoms with E-state index in [-0.39, 0.29) is 17.0 Å². The molecule has 0 spiro atoms. The number of thioether (sulfide) groups is 1. The Bertz CT molecular complexity index is 1180. The number of nitriles is 1. The van der Waals surface area contributed by atoms with Crippen molar-refractivity contribution in [1.82, 2.24) is 5.32 Å². The van der Waals surface area contributed by atoms with E-state index in [9.17, 15) is 14.9 Å². The van der Waals surface area contributed by atoms with Crippen molar-refractivity contribution in [3.8, 4) is 6.07 Å². The van der Waals surface area contributed by atoms with Crippen molar-refractivity contribution in [1.29, 1.82) is 5.26 Å². The van der Waals surface area contributed by atoms with E-state index in [1.165, 1.54) is 17.3 Å². The number of carbonyl (C=O) groups excluding carboxylic acids is 2. The number of rotatable bonds is 7. The summed E-state index contributed by atoms with van der Waals surface area (Å²) in [6, 6.07) is 13.8. The van der Waals surface area contributed by atoms with Crippen LogP contribution >= 0.6 is 11.8 Å². The van der Waals surface area contributed by atoms with Crippen LogP contribution in [0.15, 0.2) is 69.0 Å². The van der Waals surface area contributed by atoms with Crippen LogP contribution in [0.4, 0.5) is 0 Å². The quantitative estimate of drug-likeness (QED) is 0.369. The maximum absolute atomic E-state index is 12.7. The smallest absolute Gasteiger partial charge is 0.162 e. The highest BCUT2D eigenvalue weighted by Gasteiger charge is 2.38. The van der Waals surface area contributed by atoms with E-state index >= 15 is 0 Å². The minimum Gasteiger partial charge on any atom is -0.468 e. The van der Waals surface area contributed by atoms with Gasteiger partial charge in [-0.05, 0) is 48.1 Å².